The number of aryl methyl sites for hydroxylation is 1. The molecule has 0 bridgehead atoms. The molecule has 3 heterocycles. The highest BCUT2D eigenvalue weighted by atomic mass is 15.2. The lowest BCUT2D eigenvalue weighted by Crippen LogP contribution is -2.13. The molecule has 0 saturated carbocycles. The molecule has 0 spiro atoms. The van der Waals surface area contributed by atoms with Gasteiger partial charge in [0.2, 0.25) is 5.95 Å². The number of para-hydroxylation sites is 1. The Balaban J connectivity index is 1.12. The minimum absolute atomic E-state index is 0.233. The highest BCUT2D eigenvalue weighted by Gasteiger charge is 2.31. The van der Waals surface area contributed by atoms with Gasteiger partial charge in [0.15, 0.2) is 11.6 Å². The highest BCUT2D eigenvalue weighted by Crippen LogP contribution is 2.47. The van der Waals surface area contributed by atoms with Crippen molar-refractivity contribution in [3.63, 3.8) is 0 Å². The summed E-state index contributed by atoms with van der Waals surface area (Å²) in [5, 5.41) is 11.9. The van der Waals surface area contributed by atoms with Crippen LogP contribution in [-0.2, 0) is 12.8 Å². The first-order valence-electron chi connectivity index (χ1n) is 19.6. The fourth-order valence-electron chi connectivity index (χ4n) is 8.80. The van der Waals surface area contributed by atoms with Gasteiger partial charge in [0.1, 0.15) is 0 Å². The van der Waals surface area contributed by atoms with Gasteiger partial charge < -0.3 is 0 Å². The highest BCUT2D eigenvalue weighted by molar-refractivity contribution is 6.10. The van der Waals surface area contributed by atoms with Gasteiger partial charge in [-0.25, -0.2) is 4.98 Å². The maximum absolute atomic E-state index is 9.63. The van der Waals surface area contributed by atoms with E-state index in [1.54, 1.807) is 0 Å². The number of rotatable bonds is 6. The lowest BCUT2D eigenvalue weighted by Gasteiger charge is -2.26. The normalized spacial score (nSPS) is 14.8. The molecule has 6 nitrogen and oxygen atoms in total. The molecular formula is C51H38N6. The van der Waals surface area contributed by atoms with Gasteiger partial charge in [-0.05, 0) is 101 Å². The van der Waals surface area contributed by atoms with Crippen LogP contribution >= 0.6 is 0 Å². The molecule has 0 amide bonds. The first-order valence-corrected chi connectivity index (χ1v) is 19.6. The molecule has 272 valence electrons. The lowest BCUT2D eigenvalue weighted by atomic mass is 9.78. The van der Waals surface area contributed by atoms with Crippen LogP contribution in [0.15, 0.2) is 158 Å². The summed E-state index contributed by atoms with van der Waals surface area (Å²) in [6.07, 6.45) is 3.63. The van der Waals surface area contributed by atoms with E-state index in [-0.39, 0.29) is 11.8 Å². The first-order chi connectivity index (χ1) is 28.1. The molecule has 1 aliphatic carbocycles. The Morgan fingerprint density at radius 3 is 2.02 bits per heavy atom. The van der Waals surface area contributed by atoms with Gasteiger partial charge in [-0.3, -0.25) is 9.55 Å². The van der Waals surface area contributed by atoms with E-state index in [9.17, 15) is 5.26 Å². The van der Waals surface area contributed by atoms with Crippen molar-refractivity contribution >= 4 is 21.8 Å². The number of nitriles is 1. The second kappa shape index (κ2) is 14.1. The summed E-state index contributed by atoms with van der Waals surface area (Å²) in [6.45, 7) is 4.53. The van der Waals surface area contributed by atoms with Gasteiger partial charge in [-0.15, -0.1) is 0 Å². The maximum atomic E-state index is 9.63. The second-order valence-corrected chi connectivity index (χ2v) is 14.9. The van der Waals surface area contributed by atoms with Crippen LogP contribution in [0.5, 0.6) is 0 Å². The van der Waals surface area contributed by atoms with Crippen LogP contribution in [0, 0.1) is 11.3 Å². The lowest BCUT2D eigenvalue weighted by molar-refractivity contribution is 0.569. The van der Waals surface area contributed by atoms with E-state index >= 15 is 0 Å². The molecule has 0 fully saturated rings. The Bertz CT molecular complexity index is 2960. The number of hydrogen-bond acceptors (Lipinski definition) is 5. The Labute approximate surface area is 331 Å². The standard InChI is InChI=1S/C51H38N6/c1-3-34-27-33(31-52)20-23-40(34)43-30-46-41(18-12-26-53-46)44-28-37(21-24-39(44)32(43)2)38-22-25-48-45(29-38)42-17-10-11-19-47(42)57(48)51-55-49(35-13-6-4-7-14-35)54-50(56-51)36-15-8-5-9-16-36/h4-29,32,43H,3,30H2,1-2H3. The van der Waals surface area contributed by atoms with Crippen LogP contribution < -0.4 is 0 Å². The first kappa shape index (κ1) is 34.3. The van der Waals surface area contributed by atoms with Crippen molar-refractivity contribution in [2.24, 2.45) is 0 Å². The van der Waals surface area contributed by atoms with Crippen molar-refractivity contribution in [2.45, 2.75) is 38.5 Å². The predicted molar refractivity (Wildman–Crippen MR) is 229 cm³/mol. The molecule has 2 unspecified atom stereocenters. The molecule has 3 aromatic heterocycles. The molecule has 0 saturated heterocycles. The third-order valence-corrected chi connectivity index (χ3v) is 11.7. The zero-order valence-electron chi connectivity index (χ0n) is 31.8. The third-order valence-electron chi connectivity index (χ3n) is 11.7. The van der Waals surface area contributed by atoms with Crippen molar-refractivity contribution < 1.29 is 0 Å². The number of aromatic nitrogens is 5. The smallest absolute Gasteiger partial charge is 0.238 e. The van der Waals surface area contributed by atoms with Gasteiger partial charge >= 0.3 is 0 Å². The number of pyridine rings is 1. The van der Waals surface area contributed by atoms with Crippen molar-refractivity contribution in [1.82, 2.24) is 24.5 Å². The molecular weight excluding hydrogens is 697 g/mol. The molecule has 9 aromatic rings. The minimum atomic E-state index is 0.233. The summed E-state index contributed by atoms with van der Waals surface area (Å²) in [7, 11) is 0. The molecule has 0 N–H and O–H groups in total. The van der Waals surface area contributed by atoms with E-state index in [0.717, 1.165) is 62.6 Å². The Morgan fingerprint density at radius 1 is 0.614 bits per heavy atom. The van der Waals surface area contributed by atoms with Gasteiger partial charge in [-0.2, -0.15) is 15.2 Å². The molecule has 57 heavy (non-hydrogen) atoms. The molecule has 2 atom stereocenters. The SMILES string of the molecule is CCc1cc(C#N)ccc1C1Cc2ncccc2-c2cc(-c3ccc4c(c3)c3ccccc3n4-c3nc(-c4ccccc4)nc(-c4ccccc4)n3)ccc2C1C. The van der Waals surface area contributed by atoms with E-state index in [2.05, 4.69) is 103 Å². The quantitative estimate of drug-likeness (QED) is 0.170. The van der Waals surface area contributed by atoms with Gasteiger partial charge in [0.25, 0.3) is 0 Å². The summed E-state index contributed by atoms with van der Waals surface area (Å²) < 4.78 is 2.17. The number of benzene rings is 6. The van der Waals surface area contributed by atoms with E-state index in [1.165, 1.54) is 27.8 Å². The number of nitrogens with zero attached hydrogens (tertiary/aromatic N) is 6. The Kier molecular flexibility index (Phi) is 8.49. The van der Waals surface area contributed by atoms with Gasteiger partial charge in [-0.1, -0.05) is 123 Å². The summed E-state index contributed by atoms with van der Waals surface area (Å²) in [6, 6.07) is 55.2. The summed E-state index contributed by atoms with van der Waals surface area (Å²) in [5.41, 5.74) is 14.3. The van der Waals surface area contributed by atoms with Crippen molar-refractivity contribution in [1.29, 1.82) is 5.26 Å². The number of hydrogen-bond donors (Lipinski definition) is 0. The fourth-order valence-corrected chi connectivity index (χ4v) is 8.80. The largest absolute Gasteiger partial charge is 0.278 e. The van der Waals surface area contributed by atoms with Crippen LogP contribution in [0.1, 0.15) is 53.6 Å². The monoisotopic (exact) mass is 734 g/mol. The van der Waals surface area contributed by atoms with Gasteiger partial charge in [0.05, 0.1) is 22.7 Å². The predicted octanol–water partition coefficient (Wildman–Crippen LogP) is 11.9. The van der Waals surface area contributed by atoms with Crippen molar-refractivity contribution in [2.75, 3.05) is 0 Å². The average molecular weight is 735 g/mol. The van der Waals surface area contributed by atoms with E-state index in [0.29, 0.717) is 23.2 Å². The summed E-state index contributed by atoms with van der Waals surface area (Å²) in [5.74, 6) is 2.31. The molecule has 6 aromatic carbocycles. The molecule has 10 rings (SSSR count). The topological polar surface area (TPSA) is 80.3 Å². The molecule has 1 aliphatic rings. The maximum Gasteiger partial charge on any atom is 0.238 e. The fraction of sp³-hybridized carbons (Fsp3) is 0.118. The van der Waals surface area contributed by atoms with E-state index in [1.807, 2.05) is 79.0 Å². The molecule has 6 heteroatoms. The average Bonchev–Trinajstić information content (AvgIpc) is 3.55. The van der Waals surface area contributed by atoms with Crippen molar-refractivity contribution in [3.8, 4) is 57.0 Å². The summed E-state index contributed by atoms with van der Waals surface area (Å²) in [4.78, 5) is 20.1. The van der Waals surface area contributed by atoms with Crippen molar-refractivity contribution in [3.05, 3.63) is 186 Å². The van der Waals surface area contributed by atoms with Crippen LogP contribution in [0.4, 0.5) is 0 Å². The zero-order valence-corrected chi connectivity index (χ0v) is 31.8. The van der Waals surface area contributed by atoms with Crippen LogP contribution in [0.3, 0.4) is 0 Å². The minimum Gasteiger partial charge on any atom is -0.278 e. The van der Waals surface area contributed by atoms with Gasteiger partial charge in [0, 0.05) is 39.4 Å². The van der Waals surface area contributed by atoms with Crippen LogP contribution in [-0.4, -0.2) is 24.5 Å². The molecule has 0 aliphatic heterocycles. The Morgan fingerprint density at radius 2 is 1.28 bits per heavy atom. The molecule has 0 radical (unpaired) electrons. The zero-order chi connectivity index (χ0) is 38.5. The summed E-state index contributed by atoms with van der Waals surface area (Å²) >= 11 is 0. The van der Waals surface area contributed by atoms with E-state index in [4.69, 9.17) is 19.9 Å². The third kappa shape index (κ3) is 5.96. The Hall–Kier alpha value is -7.23. The second-order valence-electron chi connectivity index (χ2n) is 14.9. The van der Waals surface area contributed by atoms with Crippen LogP contribution in [0.25, 0.3) is 72.8 Å². The van der Waals surface area contributed by atoms with Crippen LogP contribution in [0.2, 0.25) is 0 Å². The number of fused-ring (bicyclic) bond motifs is 6. The van der Waals surface area contributed by atoms with E-state index < -0.39 is 0 Å².